The third-order valence-electron chi connectivity index (χ3n) is 1.88. The van der Waals surface area contributed by atoms with Gasteiger partial charge in [-0.25, -0.2) is 4.79 Å². The Morgan fingerprint density at radius 2 is 2.08 bits per heavy atom. The van der Waals surface area contributed by atoms with Crippen molar-refractivity contribution in [1.29, 1.82) is 0 Å². The van der Waals surface area contributed by atoms with Crippen LogP contribution < -0.4 is 5.69 Å². The van der Waals surface area contributed by atoms with Crippen molar-refractivity contribution in [2.45, 2.75) is 26.1 Å². The lowest BCUT2D eigenvalue weighted by molar-refractivity contribution is 0.0803. The Balaban J connectivity index is 2.78. The number of rotatable bonds is 4. The molecule has 5 nitrogen and oxygen atoms in total. The maximum absolute atomic E-state index is 11.4. The Kier molecular flexibility index (Phi) is 3.27. The second-order valence-electron chi connectivity index (χ2n) is 2.86. The van der Waals surface area contributed by atoms with Crippen molar-refractivity contribution in [2.24, 2.45) is 0 Å². The summed E-state index contributed by atoms with van der Waals surface area (Å²) in [5.74, 6) is 0. The van der Waals surface area contributed by atoms with Gasteiger partial charge in [-0.2, -0.15) is 0 Å². The fraction of sp³-hybridized carbons (Fsp3) is 0.625. The topological polar surface area (TPSA) is 67.4 Å². The van der Waals surface area contributed by atoms with Gasteiger partial charge in [0, 0.05) is 18.9 Å². The number of aliphatic hydroxyl groups excluding tert-OH is 2. The summed E-state index contributed by atoms with van der Waals surface area (Å²) in [6, 6.07) is 0. The van der Waals surface area contributed by atoms with Crippen LogP contribution in [-0.4, -0.2) is 32.1 Å². The summed E-state index contributed by atoms with van der Waals surface area (Å²) in [4.78, 5) is 11.4. The summed E-state index contributed by atoms with van der Waals surface area (Å²) >= 11 is 0. The van der Waals surface area contributed by atoms with Crippen LogP contribution in [0, 0.1) is 0 Å². The van der Waals surface area contributed by atoms with E-state index in [1.165, 1.54) is 9.13 Å². The van der Waals surface area contributed by atoms with Gasteiger partial charge in [0.15, 0.2) is 0 Å². The molecule has 1 atom stereocenters. The first kappa shape index (κ1) is 10.0. The first-order valence-electron chi connectivity index (χ1n) is 4.23. The molecule has 0 fully saturated rings. The summed E-state index contributed by atoms with van der Waals surface area (Å²) in [6.07, 6.45) is 2.39. The lowest BCUT2D eigenvalue weighted by Crippen LogP contribution is -2.29. The molecule has 0 aromatic carbocycles. The zero-order valence-electron chi connectivity index (χ0n) is 7.55. The molecule has 0 aliphatic carbocycles. The predicted molar refractivity (Wildman–Crippen MR) is 47.5 cm³/mol. The molecule has 1 heterocycles. The van der Waals surface area contributed by atoms with Gasteiger partial charge < -0.3 is 10.2 Å². The average molecular weight is 186 g/mol. The molecule has 13 heavy (non-hydrogen) atoms. The van der Waals surface area contributed by atoms with E-state index in [9.17, 15) is 4.79 Å². The number of imidazole rings is 1. The van der Waals surface area contributed by atoms with E-state index in [0.717, 1.165) is 0 Å². The highest BCUT2D eigenvalue weighted by atomic mass is 16.3. The summed E-state index contributed by atoms with van der Waals surface area (Å²) in [7, 11) is 0. The molecule has 1 aromatic rings. The molecule has 74 valence electrons. The molecular weight excluding hydrogens is 172 g/mol. The minimum atomic E-state index is -0.870. The summed E-state index contributed by atoms with van der Waals surface area (Å²) in [5, 5.41) is 17.7. The summed E-state index contributed by atoms with van der Waals surface area (Å²) in [6.45, 7) is 2.29. The van der Waals surface area contributed by atoms with Crippen molar-refractivity contribution in [1.82, 2.24) is 9.13 Å². The number of aryl methyl sites for hydroxylation is 1. The number of hydrogen-bond donors (Lipinski definition) is 2. The van der Waals surface area contributed by atoms with Crippen LogP contribution in [0.4, 0.5) is 0 Å². The highest BCUT2D eigenvalue weighted by Crippen LogP contribution is 1.89. The zero-order chi connectivity index (χ0) is 9.84. The molecule has 5 heteroatoms. The van der Waals surface area contributed by atoms with E-state index in [-0.39, 0.29) is 18.8 Å². The first-order chi connectivity index (χ1) is 6.19. The van der Waals surface area contributed by atoms with Gasteiger partial charge in [-0.3, -0.25) is 9.13 Å². The van der Waals surface area contributed by atoms with Crippen LogP contribution in [0.3, 0.4) is 0 Å². The van der Waals surface area contributed by atoms with Gasteiger partial charge in [0.2, 0.25) is 0 Å². The quantitative estimate of drug-likeness (QED) is 0.635. The SMILES string of the molecule is CCn1ccn(CC(O)CO)c1=O. The molecule has 0 saturated carbocycles. The van der Waals surface area contributed by atoms with Crippen LogP contribution in [0.5, 0.6) is 0 Å². The maximum atomic E-state index is 11.4. The molecule has 1 rings (SSSR count). The highest BCUT2D eigenvalue weighted by molar-refractivity contribution is 4.81. The van der Waals surface area contributed by atoms with Gasteiger partial charge in [0.05, 0.1) is 19.3 Å². The Bertz CT molecular complexity index is 315. The van der Waals surface area contributed by atoms with Crippen molar-refractivity contribution in [3.8, 4) is 0 Å². The third kappa shape index (κ3) is 2.19. The van der Waals surface area contributed by atoms with Gasteiger partial charge in [0.1, 0.15) is 0 Å². The van der Waals surface area contributed by atoms with Crippen LogP contribution in [0.15, 0.2) is 17.2 Å². The van der Waals surface area contributed by atoms with Crippen LogP contribution in [0.1, 0.15) is 6.92 Å². The van der Waals surface area contributed by atoms with Crippen molar-refractivity contribution in [3.63, 3.8) is 0 Å². The molecular formula is C8H14N2O3. The minimum Gasteiger partial charge on any atom is -0.394 e. The lowest BCUT2D eigenvalue weighted by atomic mass is 10.4. The molecule has 0 spiro atoms. The monoisotopic (exact) mass is 186 g/mol. The molecule has 0 bridgehead atoms. The molecule has 2 N–H and O–H groups in total. The van der Waals surface area contributed by atoms with Crippen LogP contribution in [0.2, 0.25) is 0 Å². The van der Waals surface area contributed by atoms with Gasteiger partial charge in [-0.1, -0.05) is 0 Å². The van der Waals surface area contributed by atoms with Gasteiger partial charge >= 0.3 is 5.69 Å². The van der Waals surface area contributed by atoms with Crippen molar-refractivity contribution in [2.75, 3.05) is 6.61 Å². The van der Waals surface area contributed by atoms with Gasteiger partial charge in [-0.15, -0.1) is 0 Å². The normalized spacial score (nSPS) is 13.2. The maximum Gasteiger partial charge on any atom is 0.328 e. The van der Waals surface area contributed by atoms with Crippen LogP contribution >= 0.6 is 0 Å². The highest BCUT2D eigenvalue weighted by Gasteiger charge is 2.06. The minimum absolute atomic E-state index is 0.141. The Morgan fingerprint density at radius 1 is 1.46 bits per heavy atom. The van der Waals surface area contributed by atoms with Crippen molar-refractivity contribution in [3.05, 3.63) is 22.9 Å². The lowest BCUT2D eigenvalue weighted by Gasteiger charge is -2.06. The number of aromatic nitrogens is 2. The van der Waals surface area contributed by atoms with E-state index in [0.29, 0.717) is 6.54 Å². The second kappa shape index (κ2) is 4.25. The molecule has 0 aliphatic rings. The molecule has 0 radical (unpaired) electrons. The van der Waals surface area contributed by atoms with Crippen molar-refractivity contribution >= 4 is 0 Å². The van der Waals surface area contributed by atoms with E-state index in [1.807, 2.05) is 6.92 Å². The predicted octanol–water partition coefficient (Wildman–Crippen LogP) is -0.977. The Labute approximate surface area is 75.9 Å². The standard InChI is InChI=1S/C8H14N2O3/c1-2-9-3-4-10(8(9)13)5-7(12)6-11/h3-4,7,11-12H,2,5-6H2,1H3. The zero-order valence-corrected chi connectivity index (χ0v) is 7.55. The molecule has 1 aromatic heterocycles. The van der Waals surface area contributed by atoms with Crippen LogP contribution in [0.25, 0.3) is 0 Å². The van der Waals surface area contributed by atoms with Gasteiger partial charge in [-0.05, 0) is 6.92 Å². The molecule has 0 aliphatic heterocycles. The fourth-order valence-corrected chi connectivity index (χ4v) is 1.12. The van der Waals surface area contributed by atoms with E-state index in [4.69, 9.17) is 10.2 Å². The number of aliphatic hydroxyl groups is 2. The van der Waals surface area contributed by atoms with E-state index in [2.05, 4.69) is 0 Å². The van der Waals surface area contributed by atoms with Gasteiger partial charge in [0.25, 0.3) is 0 Å². The van der Waals surface area contributed by atoms with Crippen molar-refractivity contribution < 1.29 is 10.2 Å². The number of hydrogen-bond acceptors (Lipinski definition) is 3. The molecule has 1 unspecified atom stereocenters. The largest absolute Gasteiger partial charge is 0.394 e. The fourth-order valence-electron chi connectivity index (χ4n) is 1.12. The molecule has 0 amide bonds. The smallest absolute Gasteiger partial charge is 0.328 e. The van der Waals surface area contributed by atoms with E-state index < -0.39 is 6.10 Å². The van der Waals surface area contributed by atoms with E-state index in [1.54, 1.807) is 12.4 Å². The average Bonchev–Trinajstić information content (AvgIpc) is 2.48. The molecule has 0 saturated heterocycles. The number of nitrogens with zero attached hydrogens (tertiary/aromatic N) is 2. The first-order valence-corrected chi connectivity index (χ1v) is 4.23. The Morgan fingerprint density at radius 3 is 2.54 bits per heavy atom. The third-order valence-corrected chi connectivity index (χ3v) is 1.88. The Hall–Kier alpha value is -1.07. The summed E-state index contributed by atoms with van der Waals surface area (Å²) in [5.41, 5.74) is -0.157. The van der Waals surface area contributed by atoms with Crippen LogP contribution in [-0.2, 0) is 13.1 Å². The van der Waals surface area contributed by atoms with E-state index >= 15 is 0 Å². The summed E-state index contributed by atoms with van der Waals surface area (Å²) < 4.78 is 2.91. The second-order valence-corrected chi connectivity index (χ2v) is 2.86.